The molecule has 3 N–H and O–H groups in total. The molecule has 0 fully saturated rings. The third kappa shape index (κ3) is 3.29. The average Bonchev–Trinajstić information content (AvgIpc) is 2.90. The molecule has 108 valence electrons. The van der Waals surface area contributed by atoms with E-state index in [0.29, 0.717) is 6.42 Å². The smallest absolute Gasteiger partial charge is 0.123 e. The zero-order chi connectivity index (χ0) is 14.7. The molecule has 0 aliphatic carbocycles. The van der Waals surface area contributed by atoms with Crippen molar-refractivity contribution < 1.29 is 4.39 Å². The molecule has 2 nitrogen and oxygen atoms in total. The van der Waals surface area contributed by atoms with E-state index in [1.165, 1.54) is 21.7 Å². The lowest BCUT2D eigenvalue weighted by atomic mass is 9.99. The molecule has 0 saturated heterocycles. The minimum Gasteiger partial charge on any atom is -0.271 e. The fourth-order valence-corrected chi connectivity index (χ4v) is 3.57. The molecular formula is C17H17FN2S. The fourth-order valence-electron chi connectivity index (χ4n) is 2.59. The molecule has 1 heterocycles. The van der Waals surface area contributed by atoms with Crippen molar-refractivity contribution in [1.82, 2.24) is 5.43 Å². The van der Waals surface area contributed by atoms with E-state index in [4.69, 9.17) is 5.84 Å². The molecule has 1 unspecified atom stereocenters. The largest absolute Gasteiger partial charge is 0.271 e. The molecule has 2 aromatic carbocycles. The van der Waals surface area contributed by atoms with Gasteiger partial charge in [-0.1, -0.05) is 30.3 Å². The van der Waals surface area contributed by atoms with E-state index in [1.54, 1.807) is 23.5 Å². The second-order valence-electron chi connectivity index (χ2n) is 5.16. The summed E-state index contributed by atoms with van der Waals surface area (Å²) in [6, 6.07) is 15.1. The van der Waals surface area contributed by atoms with Gasteiger partial charge in [0.25, 0.3) is 0 Å². The van der Waals surface area contributed by atoms with Crippen molar-refractivity contribution >= 4 is 21.4 Å². The Morgan fingerprint density at radius 2 is 1.95 bits per heavy atom. The summed E-state index contributed by atoms with van der Waals surface area (Å²) in [7, 11) is 0. The zero-order valence-corrected chi connectivity index (χ0v) is 12.4. The van der Waals surface area contributed by atoms with Gasteiger partial charge in [0.05, 0.1) is 0 Å². The quantitative estimate of drug-likeness (QED) is 0.557. The molecule has 21 heavy (non-hydrogen) atoms. The van der Waals surface area contributed by atoms with Gasteiger partial charge in [-0.2, -0.15) is 0 Å². The highest BCUT2D eigenvalue weighted by Crippen LogP contribution is 2.26. The highest BCUT2D eigenvalue weighted by Gasteiger charge is 2.12. The van der Waals surface area contributed by atoms with Gasteiger partial charge in [0.2, 0.25) is 0 Å². The maximum atomic E-state index is 13.3. The van der Waals surface area contributed by atoms with Gasteiger partial charge in [0.15, 0.2) is 0 Å². The third-order valence-corrected chi connectivity index (χ3v) is 4.65. The van der Waals surface area contributed by atoms with Crippen LogP contribution >= 0.6 is 11.3 Å². The molecule has 3 rings (SSSR count). The molecule has 1 aromatic heterocycles. The second kappa shape index (κ2) is 6.35. The highest BCUT2D eigenvalue weighted by atomic mass is 32.1. The number of nitrogens with one attached hydrogen (secondary N) is 1. The first kappa shape index (κ1) is 14.2. The summed E-state index contributed by atoms with van der Waals surface area (Å²) in [6.45, 7) is 0. The van der Waals surface area contributed by atoms with Crippen molar-refractivity contribution in [2.45, 2.75) is 18.9 Å². The lowest BCUT2D eigenvalue weighted by Crippen LogP contribution is -2.38. The first-order valence-corrected chi connectivity index (χ1v) is 7.80. The monoisotopic (exact) mass is 300 g/mol. The highest BCUT2D eigenvalue weighted by molar-refractivity contribution is 7.17. The molecule has 1 atom stereocenters. The molecule has 0 saturated carbocycles. The van der Waals surface area contributed by atoms with Crippen LogP contribution in [-0.4, -0.2) is 6.04 Å². The molecule has 0 spiro atoms. The van der Waals surface area contributed by atoms with Gasteiger partial charge in [-0.05, 0) is 52.9 Å². The number of rotatable bonds is 5. The van der Waals surface area contributed by atoms with Gasteiger partial charge in [-0.25, -0.2) is 4.39 Å². The van der Waals surface area contributed by atoms with Crippen molar-refractivity contribution in [3.05, 3.63) is 70.9 Å². The van der Waals surface area contributed by atoms with Crippen molar-refractivity contribution in [2.75, 3.05) is 0 Å². The number of hydrogen-bond donors (Lipinski definition) is 2. The molecule has 4 heteroatoms. The Morgan fingerprint density at radius 1 is 1.10 bits per heavy atom. The summed E-state index contributed by atoms with van der Waals surface area (Å²) in [5.41, 5.74) is 5.10. The van der Waals surface area contributed by atoms with Crippen molar-refractivity contribution in [2.24, 2.45) is 5.84 Å². The van der Waals surface area contributed by atoms with Crippen LogP contribution in [0.2, 0.25) is 0 Å². The molecular weight excluding hydrogens is 283 g/mol. The molecule has 0 radical (unpaired) electrons. The van der Waals surface area contributed by atoms with Crippen LogP contribution in [0.25, 0.3) is 10.1 Å². The number of halogens is 1. The summed E-state index contributed by atoms with van der Waals surface area (Å²) in [4.78, 5) is 0. The Kier molecular flexibility index (Phi) is 4.29. The van der Waals surface area contributed by atoms with E-state index in [9.17, 15) is 4.39 Å². The molecule has 0 bridgehead atoms. The van der Waals surface area contributed by atoms with E-state index in [0.717, 1.165) is 12.0 Å². The lowest BCUT2D eigenvalue weighted by molar-refractivity contribution is 0.522. The number of benzene rings is 2. The minimum atomic E-state index is -0.204. The normalized spacial score (nSPS) is 12.7. The Bertz CT molecular complexity index is 738. The average molecular weight is 300 g/mol. The second-order valence-corrected chi connectivity index (χ2v) is 6.07. The van der Waals surface area contributed by atoms with E-state index in [1.807, 2.05) is 12.1 Å². The van der Waals surface area contributed by atoms with Crippen LogP contribution in [0.15, 0.2) is 53.9 Å². The topological polar surface area (TPSA) is 38.0 Å². The first-order valence-electron chi connectivity index (χ1n) is 6.92. The predicted molar refractivity (Wildman–Crippen MR) is 86.7 cm³/mol. The zero-order valence-electron chi connectivity index (χ0n) is 11.6. The van der Waals surface area contributed by atoms with E-state index in [-0.39, 0.29) is 11.9 Å². The maximum Gasteiger partial charge on any atom is 0.123 e. The summed E-state index contributed by atoms with van der Waals surface area (Å²) in [6.07, 6.45) is 1.54. The Balaban J connectivity index is 1.78. The summed E-state index contributed by atoms with van der Waals surface area (Å²) in [5, 5.41) is 3.46. The van der Waals surface area contributed by atoms with Gasteiger partial charge < -0.3 is 0 Å². The standard InChI is InChI=1S/C17H17FN2S/c18-14-5-3-4-12(8-14)9-15(20-19)10-13-11-21-17-7-2-1-6-16(13)17/h1-8,11,15,20H,9-10,19H2. The Labute approximate surface area is 127 Å². The van der Waals surface area contributed by atoms with E-state index in [2.05, 4.69) is 29.0 Å². The van der Waals surface area contributed by atoms with Crippen molar-refractivity contribution in [3.8, 4) is 0 Å². The Morgan fingerprint density at radius 3 is 2.76 bits per heavy atom. The molecule has 0 aliphatic rings. The third-order valence-electron chi connectivity index (χ3n) is 3.63. The predicted octanol–water partition coefficient (Wildman–Crippen LogP) is 3.66. The number of fused-ring (bicyclic) bond motifs is 1. The van der Waals surface area contributed by atoms with Gasteiger partial charge in [-0.15, -0.1) is 11.3 Å². The number of nitrogens with two attached hydrogens (primary N) is 1. The van der Waals surface area contributed by atoms with Crippen LogP contribution in [0.5, 0.6) is 0 Å². The molecule has 0 aliphatic heterocycles. The number of hydrazine groups is 1. The number of hydrogen-bond acceptors (Lipinski definition) is 3. The first-order chi connectivity index (χ1) is 10.3. The van der Waals surface area contributed by atoms with Crippen LogP contribution in [0.3, 0.4) is 0 Å². The van der Waals surface area contributed by atoms with Crippen LogP contribution in [-0.2, 0) is 12.8 Å². The molecule has 0 amide bonds. The Hall–Kier alpha value is -1.75. The van der Waals surface area contributed by atoms with E-state index < -0.39 is 0 Å². The van der Waals surface area contributed by atoms with Crippen LogP contribution in [0.1, 0.15) is 11.1 Å². The van der Waals surface area contributed by atoms with Crippen molar-refractivity contribution in [3.63, 3.8) is 0 Å². The van der Waals surface area contributed by atoms with Gasteiger partial charge in [0, 0.05) is 10.7 Å². The van der Waals surface area contributed by atoms with Gasteiger partial charge in [0.1, 0.15) is 5.82 Å². The maximum absolute atomic E-state index is 13.3. The van der Waals surface area contributed by atoms with Gasteiger partial charge >= 0.3 is 0 Å². The SMILES string of the molecule is NNC(Cc1cccc(F)c1)Cc1csc2ccccc12. The lowest BCUT2D eigenvalue weighted by Gasteiger charge is -2.15. The van der Waals surface area contributed by atoms with Gasteiger partial charge in [-0.3, -0.25) is 11.3 Å². The number of thiophene rings is 1. The summed E-state index contributed by atoms with van der Waals surface area (Å²) in [5.74, 6) is 5.47. The van der Waals surface area contributed by atoms with Crippen LogP contribution in [0, 0.1) is 5.82 Å². The van der Waals surface area contributed by atoms with Crippen molar-refractivity contribution in [1.29, 1.82) is 0 Å². The minimum absolute atomic E-state index is 0.0878. The van der Waals surface area contributed by atoms with Crippen LogP contribution < -0.4 is 11.3 Å². The van der Waals surface area contributed by atoms with Crippen LogP contribution in [0.4, 0.5) is 4.39 Å². The van der Waals surface area contributed by atoms with E-state index >= 15 is 0 Å². The molecule has 3 aromatic rings. The fraction of sp³-hybridized carbons (Fsp3) is 0.176. The summed E-state index contributed by atoms with van der Waals surface area (Å²) < 4.78 is 14.5. The summed E-state index contributed by atoms with van der Waals surface area (Å²) >= 11 is 1.75.